The van der Waals surface area contributed by atoms with Crippen LogP contribution in [0.25, 0.3) is 5.65 Å². The molecular weight excluding hydrogens is 144 g/mol. The molecule has 0 saturated carbocycles. The van der Waals surface area contributed by atoms with Gasteiger partial charge in [-0.3, -0.25) is 0 Å². The summed E-state index contributed by atoms with van der Waals surface area (Å²) in [6.07, 6.45) is 0. The number of hydrogen-bond acceptors (Lipinski definition) is 4. The largest absolute Gasteiger partial charge is 0.383 e. The normalized spacial score (nSPS) is 10.7. The summed E-state index contributed by atoms with van der Waals surface area (Å²) in [6.45, 7) is 1.91. The molecule has 0 unspecified atom stereocenters. The molecule has 0 bridgehead atoms. The van der Waals surface area contributed by atoms with E-state index in [9.17, 15) is 0 Å². The highest BCUT2D eigenvalue weighted by atomic mass is 15.6. The highest BCUT2D eigenvalue weighted by molar-refractivity contribution is 5.68. The van der Waals surface area contributed by atoms with Gasteiger partial charge in [0.05, 0.1) is 5.69 Å². The Morgan fingerprint density at radius 2 is 2.36 bits per heavy atom. The Balaban J connectivity index is 2.80. The molecule has 0 aliphatic rings. The monoisotopic (exact) mass is 152 g/mol. The smallest absolute Gasteiger partial charge is 0.222 e. The SMILES string of the molecule is CNc1c(C)nn2[nH]nnc12. The van der Waals surface area contributed by atoms with Crippen LogP contribution in [0.2, 0.25) is 0 Å². The molecule has 0 aliphatic carbocycles. The van der Waals surface area contributed by atoms with Crippen LogP contribution in [0.3, 0.4) is 0 Å². The molecule has 0 atom stereocenters. The van der Waals surface area contributed by atoms with Gasteiger partial charge < -0.3 is 5.32 Å². The summed E-state index contributed by atoms with van der Waals surface area (Å²) in [5.74, 6) is 0. The van der Waals surface area contributed by atoms with Gasteiger partial charge in [0.1, 0.15) is 5.69 Å². The molecule has 0 spiro atoms. The number of aryl methyl sites for hydroxylation is 1. The van der Waals surface area contributed by atoms with Crippen molar-refractivity contribution in [1.29, 1.82) is 0 Å². The van der Waals surface area contributed by atoms with Crippen LogP contribution in [0.15, 0.2) is 0 Å². The molecule has 0 amide bonds. The topological polar surface area (TPSA) is 70.9 Å². The first-order valence-corrected chi connectivity index (χ1v) is 3.27. The third-order valence-electron chi connectivity index (χ3n) is 1.57. The Morgan fingerprint density at radius 3 is 3.09 bits per heavy atom. The number of nitrogens with zero attached hydrogens (tertiary/aromatic N) is 4. The number of aromatic amines is 1. The van der Waals surface area contributed by atoms with Crippen LogP contribution in [0.1, 0.15) is 5.69 Å². The maximum Gasteiger partial charge on any atom is 0.222 e. The van der Waals surface area contributed by atoms with Crippen LogP contribution in [-0.4, -0.2) is 32.3 Å². The summed E-state index contributed by atoms with van der Waals surface area (Å²) >= 11 is 0. The molecule has 11 heavy (non-hydrogen) atoms. The van der Waals surface area contributed by atoms with E-state index in [1.54, 1.807) is 0 Å². The van der Waals surface area contributed by atoms with E-state index in [4.69, 9.17) is 0 Å². The number of anilines is 1. The number of rotatable bonds is 1. The van der Waals surface area contributed by atoms with Crippen molar-refractivity contribution in [3.05, 3.63) is 5.69 Å². The lowest BCUT2D eigenvalue weighted by molar-refractivity contribution is 0.734. The molecular formula is C5H8N6. The fourth-order valence-electron chi connectivity index (χ4n) is 1.08. The zero-order chi connectivity index (χ0) is 7.84. The maximum atomic E-state index is 4.12. The number of nitrogens with one attached hydrogen (secondary N) is 2. The standard InChI is InChI=1S/C5H8N6/c1-3-4(6-2)5-7-9-10-11(5)8-3/h6H,1-2H3,(H,7,10). The van der Waals surface area contributed by atoms with Crippen LogP contribution in [0, 0.1) is 6.92 Å². The molecule has 6 nitrogen and oxygen atoms in total. The molecule has 2 rings (SSSR count). The predicted octanol–water partition coefficient (Wildman–Crippen LogP) is -0.197. The number of aromatic nitrogens is 5. The molecule has 0 fully saturated rings. The van der Waals surface area contributed by atoms with E-state index in [0.29, 0.717) is 0 Å². The second-order valence-corrected chi connectivity index (χ2v) is 2.25. The second kappa shape index (κ2) is 1.94. The summed E-state index contributed by atoms with van der Waals surface area (Å²) in [5.41, 5.74) is 2.55. The minimum absolute atomic E-state index is 0.727. The third-order valence-corrected chi connectivity index (χ3v) is 1.57. The third kappa shape index (κ3) is 0.688. The summed E-state index contributed by atoms with van der Waals surface area (Å²) < 4.78 is 1.53. The molecule has 2 aromatic heterocycles. The maximum absolute atomic E-state index is 4.12. The van der Waals surface area contributed by atoms with Crippen molar-refractivity contribution in [2.45, 2.75) is 6.92 Å². The van der Waals surface area contributed by atoms with Gasteiger partial charge in [-0.25, -0.2) is 0 Å². The average Bonchev–Trinajstić information content (AvgIpc) is 2.46. The van der Waals surface area contributed by atoms with Gasteiger partial charge in [0.15, 0.2) is 0 Å². The van der Waals surface area contributed by atoms with E-state index in [0.717, 1.165) is 17.0 Å². The predicted molar refractivity (Wildman–Crippen MR) is 39.4 cm³/mol. The summed E-state index contributed by atoms with van der Waals surface area (Å²) in [4.78, 5) is 0. The van der Waals surface area contributed by atoms with Gasteiger partial charge in [-0.15, -0.1) is 9.73 Å². The first-order chi connectivity index (χ1) is 5.33. The average molecular weight is 152 g/mol. The van der Waals surface area contributed by atoms with Crippen molar-refractivity contribution in [2.75, 3.05) is 12.4 Å². The first-order valence-electron chi connectivity index (χ1n) is 3.27. The first kappa shape index (κ1) is 6.14. The zero-order valence-corrected chi connectivity index (χ0v) is 6.29. The zero-order valence-electron chi connectivity index (χ0n) is 6.29. The Kier molecular flexibility index (Phi) is 1.09. The summed E-state index contributed by atoms with van der Waals surface area (Å²) in [5, 5.41) is 17.2. The van der Waals surface area contributed by atoms with Crippen molar-refractivity contribution >= 4 is 11.3 Å². The minimum atomic E-state index is 0.727. The number of fused-ring (bicyclic) bond motifs is 1. The lowest BCUT2D eigenvalue weighted by atomic mass is 10.4. The number of tetrazole rings is 1. The summed E-state index contributed by atoms with van der Waals surface area (Å²) in [7, 11) is 1.83. The lowest BCUT2D eigenvalue weighted by Gasteiger charge is -1.91. The Bertz CT molecular complexity index is 371. The molecule has 0 aliphatic heterocycles. The van der Waals surface area contributed by atoms with Crippen molar-refractivity contribution in [3.63, 3.8) is 0 Å². The van der Waals surface area contributed by atoms with E-state index in [1.165, 1.54) is 4.63 Å². The van der Waals surface area contributed by atoms with Crippen LogP contribution in [0.4, 0.5) is 5.69 Å². The van der Waals surface area contributed by atoms with Gasteiger partial charge in [0.2, 0.25) is 5.65 Å². The van der Waals surface area contributed by atoms with Crippen molar-refractivity contribution in [2.24, 2.45) is 0 Å². The quantitative estimate of drug-likeness (QED) is 0.593. The number of hydrogen-bond donors (Lipinski definition) is 2. The van der Waals surface area contributed by atoms with E-state index < -0.39 is 0 Å². The van der Waals surface area contributed by atoms with E-state index in [1.807, 2.05) is 14.0 Å². The Hall–Kier alpha value is -1.59. The van der Waals surface area contributed by atoms with Gasteiger partial charge in [0, 0.05) is 7.05 Å². The number of H-pyrrole nitrogens is 1. The van der Waals surface area contributed by atoms with E-state index >= 15 is 0 Å². The van der Waals surface area contributed by atoms with Crippen molar-refractivity contribution < 1.29 is 0 Å². The van der Waals surface area contributed by atoms with Crippen LogP contribution in [0.5, 0.6) is 0 Å². The van der Waals surface area contributed by atoms with Gasteiger partial charge in [-0.05, 0) is 12.1 Å². The van der Waals surface area contributed by atoms with E-state index in [2.05, 4.69) is 25.9 Å². The van der Waals surface area contributed by atoms with Gasteiger partial charge in [0.25, 0.3) is 0 Å². The minimum Gasteiger partial charge on any atom is -0.383 e. The molecule has 0 aromatic carbocycles. The van der Waals surface area contributed by atoms with Gasteiger partial charge in [-0.2, -0.15) is 10.3 Å². The Morgan fingerprint density at radius 1 is 1.55 bits per heavy atom. The van der Waals surface area contributed by atoms with Crippen LogP contribution in [-0.2, 0) is 0 Å². The molecule has 0 saturated heterocycles. The highest BCUT2D eigenvalue weighted by Crippen LogP contribution is 2.16. The molecule has 0 radical (unpaired) electrons. The highest BCUT2D eigenvalue weighted by Gasteiger charge is 2.09. The van der Waals surface area contributed by atoms with Crippen LogP contribution < -0.4 is 5.32 Å². The lowest BCUT2D eigenvalue weighted by Crippen LogP contribution is -1.89. The summed E-state index contributed by atoms with van der Waals surface area (Å²) in [6, 6.07) is 0. The Labute approximate surface area is 62.6 Å². The van der Waals surface area contributed by atoms with Crippen LogP contribution >= 0.6 is 0 Å². The van der Waals surface area contributed by atoms with Gasteiger partial charge >= 0.3 is 0 Å². The van der Waals surface area contributed by atoms with Crippen molar-refractivity contribution in [3.8, 4) is 0 Å². The molecule has 2 aromatic rings. The second-order valence-electron chi connectivity index (χ2n) is 2.25. The fourth-order valence-corrected chi connectivity index (χ4v) is 1.08. The fraction of sp³-hybridized carbons (Fsp3) is 0.400. The molecule has 2 N–H and O–H groups in total. The van der Waals surface area contributed by atoms with Gasteiger partial charge in [-0.1, -0.05) is 0 Å². The van der Waals surface area contributed by atoms with Crippen molar-refractivity contribution in [1.82, 2.24) is 25.3 Å². The molecule has 6 heteroatoms. The molecule has 2 heterocycles. The van der Waals surface area contributed by atoms with E-state index in [-0.39, 0.29) is 0 Å². The molecule has 58 valence electrons.